The molecule has 1 aromatic rings. The molecule has 0 radical (unpaired) electrons. The maximum absolute atomic E-state index is 13.1. The second-order valence-electron chi connectivity index (χ2n) is 9.08. The number of rotatable bonds is 6. The van der Waals surface area contributed by atoms with Gasteiger partial charge < -0.3 is 25.0 Å². The number of nitrogens with zero attached hydrogens (tertiary/aromatic N) is 2. The Hall–Kier alpha value is -1.55. The molecule has 2 amide bonds. The van der Waals surface area contributed by atoms with Gasteiger partial charge in [-0.2, -0.15) is 0 Å². The maximum atomic E-state index is 13.1. The van der Waals surface area contributed by atoms with Gasteiger partial charge in [0.05, 0.1) is 12.0 Å². The fourth-order valence-electron chi connectivity index (χ4n) is 4.53. The number of nitrogens with one attached hydrogen (secondary N) is 1. The minimum Gasteiger partial charge on any atom is -0.548 e. The third-order valence-corrected chi connectivity index (χ3v) is 7.80. The van der Waals surface area contributed by atoms with Gasteiger partial charge >= 0.3 is 29.6 Å². The first-order chi connectivity index (χ1) is 14.6. The van der Waals surface area contributed by atoms with Gasteiger partial charge in [-0.05, 0) is 46.5 Å². The molecule has 3 fully saturated rings. The first-order valence-corrected chi connectivity index (χ1v) is 11.3. The van der Waals surface area contributed by atoms with Gasteiger partial charge in [0.1, 0.15) is 17.0 Å². The second-order valence-corrected chi connectivity index (χ2v) is 10.9. The van der Waals surface area contributed by atoms with Gasteiger partial charge in [0.25, 0.3) is 5.91 Å². The summed E-state index contributed by atoms with van der Waals surface area (Å²) in [5.74, 6) is -2.24. The molecule has 0 spiro atoms. The van der Waals surface area contributed by atoms with E-state index in [1.807, 2.05) is 13.0 Å². The standard InChI is InChI=1S/C22H27N3O5S.Na/c1-21(2)16(20(28)29)25-18(27)15(19(25)31-21)23-17(26)14(13-9-5-4-6-10-13)24-30-22(3)11-7-8-12-22;/h4-6,9-10,15-16,19H,7-8,11-12H2,1-3H3,(H,23,26)(H,28,29);/q;+1/p-1/b24-14-;/t15-,16+,19-;/m1./s1. The summed E-state index contributed by atoms with van der Waals surface area (Å²) in [5, 5.41) is 18.1. The molecule has 0 unspecified atom stereocenters. The fourth-order valence-corrected chi connectivity index (χ4v) is 6.15. The van der Waals surface area contributed by atoms with E-state index in [2.05, 4.69) is 10.5 Å². The van der Waals surface area contributed by atoms with Crippen LogP contribution in [0.5, 0.6) is 0 Å². The maximum Gasteiger partial charge on any atom is 1.00 e. The van der Waals surface area contributed by atoms with E-state index in [4.69, 9.17) is 4.84 Å². The second kappa shape index (κ2) is 9.37. The molecule has 0 aromatic heterocycles. The first-order valence-electron chi connectivity index (χ1n) is 10.5. The summed E-state index contributed by atoms with van der Waals surface area (Å²) in [4.78, 5) is 44.5. The van der Waals surface area contributed by atoms with Crippen LogP contribution >= 0.6 is 11.8 Å². The van der Waals surface area contributed by atoms with Crippen LogP contribution in [0.4, 0.5) is 0 Å². The van der Waals surface area contributed by atoms with Gasteiger partial charge in [-0.1, -0.05) is 35.5 Å². The van der Waals surface area contributed by atoms with Gasteiger partial charge in [0.2, 0.25) is 5.91 Å². The summed E-state index contributed by atoms with van der Waals surface area (Å²) in [6.45, 7) is 5.50. The van der Waals surface area contributed by atoms with Crippen LogP contribution in [0.1, 0.15) is 52.0 Å². The molecular formula is C22H26N3NaO5S. The van der Waals surface area contributed by atoms with E-state index in [1.54, 1.807) is 38.1 Å². The van der Waals surface area contributed by atoms with E-state index in [0.717, 1.165) is 25.7 Å². The van der Waals surface area contributed by atoms with E-state index < -0.39 is 45.6 Å². The van der Waals surface area contributed by atoms with Crippen molar-refractivity contribution in [3.05, 3.63) is 35.9 Å². The molecule has 1 aromatic carbocycles. The van der Waals surface area contributed by atoms with E-state index in [1.165, 1.54) is 16.7 Å². The number of carbonyl (C=O) groups excluding carboxylic acids is 3. The Bertz CT molecular complexity index is 933. The van der Waals surface area contributed by atoms with Crippen molar-refractivity contribution in [1.82, 2.24) is 10.2 Å². The number of β-lactam (4-membered cyclic amide) rings is 1. The third kappa shape index (κ3) is 4.58. The molecule has 166 valence electrons. The van der Waals surface area contributed by atoms with Crippen molar-refractivity contribution in [2.24, 2.45) is 5.16 Å². The number of hydrogen-bond acceptors (Lipinski definition) is 7. The number of aliphatic carboxylic acids is 1. The summed E-state index contributed by atoms with van der Waals surface area (Å²) in [6, 6.07) is 7.09. The quantitative estimate of drug-likeness (QED) is 0.225. The van der Waals surface area contributed by atoms with Gasteiger partial charge in [-0.15, -0.1) is 11.8 Å². The van der Waals surface area contributed by atoms with E-state index in [-0.39, 0.29) is 35.3 Å². The number of benzene rings is 1. The largest absolute Gasteiger partial charge is 1.00 e. The van der Waals surface area contributed by atoms with Gasteiger partial charge in [-0.3, -0.25) is 9.59 Å². The zero-order valence-electron chi connectivity index (χ0n) is 18.8. The summed E-state index contributed by atoms with van der Waals surface area (Å²) in [7, 11) is 0. The van der Waals surface area contributed by atoms with Gasteiger partial charge in [-0.25, -0.2) is 0 Å². The number of fused-ring (bicyclic) bond motifs is 1. The Morgan fingerprint density at radius 1 is 1.19 bits per heavy atom. The Kier molecular flexibility index (Phi) is 7.34. The molecule has 0 bridgehead atoms. The summed E-state index contributed by atoms with van der Waals surface area (Å²) in [5.41, 5.74) is 0.270. The topological polar surface area (TPSA) is 111 Å². The average Bonchev–Trinajstić information content (AvgIpc) is 3.26. The van der Waals surface area contributed by atoms with Crippen LogP contribution in [0, 0.1) is 0 Å². The van der Waals surface area contributed by atoms with Gasteiger partial charge in [0, 0.05) is 10.3 Å². The fraction of sp³-hybridized carbons (Fsp3) is 0.545. The predicted molar refractivity (Wildman–Crippen MR) is 114 cm³/mol. The average molecular weight is 468 g/mol. The smallest absolute Gasteiger partial charge is 0.548 e. The summed E-state index contributed by atoms with van der Waals surface area (Å²) >= 11 is 1.35. The van der Waals surface area contributed by atoms with Crippen molar-refractivity contribution in [2.45, 2.75) is 74.3 Å². The number of thioether (sulfide) groups is 1. The van der Waals surface area contributed by atoms with Crippen LogP contribution in [0.25, 0.3) is 0 Å². The molecule has 2 aliphatic heterocycles. The molecular weight excluding hydrogens is 441 g/mol. The number of carboxylic acid groups (broad SMARTS) is 1. The van der Waals surface area contributed by atoms with Crippen LogP contribution in [0.2, 0.25) is 0 Å². The Labute approximate surface area is 213 Å². The first kappa shape index (κ1) is 25.1. The van der Waals surface area contributed by atoms with Crippen LogP contribution in [0.15, 0.2) is 35.5 Å². The number of carbonyl (C=O) groups is 3. The van der Waals surface area contributed by atoms with Crippen molar-refractivity contribution in [3.63, 3.8) is 0 Å². The number of amides is 2. The molecule has 2 heterocycles. The zero-order valence-corrected chi connectivity index (χ0v) is 21.6. The Morgan fingerprint density at radius 3 is 2.41 bits per heavy atom. The third-order valence-electron chi connectivity index (χ3n) is 6.23. The normalized spacial score (nSPS) is 27.7. The number of hydrogen-bond donors (Lipinski definition) is 1. The van der Waals surface area contributed by atoms with Crippen LogP contribution in [-0.4, -0.2) is 56.2 Å². The van der Waals surface area contributed by atoms with Crippen LogP contribution in [0.3, 0.4) is 0 Å². The molecule has 1 N–H and O–H groups in total. The van der Waals surface area contributed by atoms with E-state index in [9.17, 15) is 19.5 Å². The number of carboxylic acids is 1. The van der Waals surface area contributed by atoms with Crippen LogP contribution in [-0.2, 0) is 19.2 Å². The van der Waals surface area contributed by atoms with E-state index in [0.29, 0.717) is 5.56 Å². The molecule has 4 rings (SSSR count). The molecule has 1 aliphatic carbocycles. The van der Waals surface area contributed by atoms with Gasteiger partial charge in [0.15, 0.2) is 5.71 Å². The van der Waals surface area contributed by atoms with Crippen LogP contribution < -0.4 is 40.0 Å². The minimum absolute atomic E-state index is 0. The SMILES string of the molecule is CC1(O/N=C(\C(=O)N[C@@H]2C(=O)N3[C@@H]2SC(C)(C)[C@@H]3C(=O)[O-])c2ccccc2)CCCC1.[Na+]. The molecule has 2 saturated heterocycles. The molecule has 3 aliphatic rings. The van der Waals surface area contributed by atoms with Crippen molar-refractivity contribution in [2.75, 3.05) is 0 Å². The molecule has 1 saturated carbocycles. The molecule has 10 heteroatoms. The monoisotopic (exact) mass is 467 g/mol. The Balaban J connectivity index is 0.00000289. The van der Waals surface area contributed by atoms with Crippen molar-refractivity contribution in [3.8, 4) is 0 Å². The number of oxime groups is 1. The molecule has 8 nitrogen and oxygen atoms in total. The predicted octanol–water partition coefficient (Wildman–Crippen LogP) is -1.96. The van der Waals surface area contributed by atoms with Crippen molar-refractivity contribution >= 4 is 35.3 Å². The molecule has 3 atom stereocenters. The zero-order chi connectivity index (χ0) is 22.4. The Morgan fingerprint density at radius 2 is 1.81 bits per heavy atom. The van der Waals surface area contributed by atoms with Crippen molar-refractivity contribution < 1.29 is 53.9 Å². The molecule has 32 heavy (non-hydrogen) atoms. The summed E-state index contributed by atoms with van der Waals surface area (Å²) < 4.78 is -0.713. The summed E-state index contributed by atoms with van der Waals surface area (Å²) in [6.07, 6.45) is 3.85. The van der Waals surface area contributed by atoms with Crippen molar-refractivity contribution in [1.29, 1.82) is 0 Å². The van der Waals surface area contributed by atoms with E-state index >= 15 is 0 Å². The minimum atomic E-state index is -1.29.